The number of carbonyl (C=O) groups excluding carboxylic acids is 1. The van der Waals surface area contributed by atoms with Crippen LogP contribution in [0.25, 0.3) is 10.4 Å². The van der Waals surface area contributed by atoms with E-state index in [2.05, 4.69) is 20.6 Å². The van der Waals surface area contributed by atoms with Crippen molar-refractivity contribution >= 4 is 34.1 Å². The molecule has 0 saturated heterocycles. The number of benzene rings is 1. The number of nitrogens with zero attached hydrogens (tertiary/aromatic N) is 2. The van der Waals surface area contributed by atoms with Gasteiger partial charge >= 0.3 is 6.03 Å². The van der Waals surface area contributed by atoms with E-state index in [0.717, 1.165) is 16.1 Å². The Morgan fingerprint density at radius 3 is 2.77 bits per heavy atom. The molecule has 0 fully saturated rings. The molecule has 0 aliphatic heterocycles. The quantitative estimate of drug-likeness (QED) is 0.615. The summed E-state index contributed by atoms with van der Waals surface area (Å²) in [5.74, 6) is 0.592. The maximum Gasteiger partial charge on any atom is 0.321 e. The highest BCUT2D eigenvalue weighted by Crippen LogP contribution is 2.32. The molecule has 1 aromatic carbocycles. The van der Waals surface area contributed by atoms with Crippen molar-refractivity contribution in [2.24, 2.45) is 0 Å². The van der Waals surface area contributed by atoms with Gasteiger partial charge in [-0.15, -0.1) is 0 Å². The van der Waals surface area contributed by atoms with E-state index < -0.39 is 0 Å². The van der Waals surface area contributed by atoms with Crippen LogP contribution in [-0.4, -0.2) is 29.2 Å². The Kier molecular flexibility index (Phi) is 6.04. The van der Waals surface area contributed by atoms with Gasteiger partial charge in [0.1, 0.15) is 12.4 Å². The summed E-state index contributed by atoms with van der Waals surface area (Å²) in [6.07, 6.45) is 3.46. The molecule has 0 aliphatic carbocycles. The summed E-state index contributed by atoms with van der Waals surface area (Å²) in [5, 5.41) is 6.55. The fourth-order valence-electron chi connectivity index (χ4n) is 2.25. The number of hydrogen-bond donors (Lipinski definition) is 2. The van der Waals surface area contributed by atoms with E-state index in [4.69, 9.17) is 16.3 Å². The van der Waals surface area contributed by atoms with Crippen LogP contribution in [0.1, 0.15) is 5.69 Å². The van der Waals surface area contributed by atoms with Crippen molar-refractivity contribution in [1.82, 2.24) is 15.3 Å². The smallest absolute Gasteiger partial charge is 0.321 e. The monoisotopic (exact) mass is 388 g/mol. The summed E-state index contributed by atoms with van der Waals surface area (Å²) in [6.45, 7) is 2.57. The highest BCUT2D eigenvalue weighted by Gasteiger charge is 2.11. The molecule has 0 unspecified atom stereocenters. The van der Waals surface area contributed by atoms with E-state index in [1.54, 1.807) is 24.5 Å². The molecule has 6 nitrogen and oxygen atoms in total. The molecule has 2 amide bonds. The topological polar surface area (TPSA) is 76.1 Å². The van der Waals surface area contributed by atoms with Crippen LogP contribution in [0, 0.1) is 6.92 Å². The number of aromatic nitrogens is 2. The number of ether oxygens (including phenoxy) is 1. The average Bonchev–Trinajstić information content (AvgIpc) is 3.01. The van der Waals surface area contributed by atoms with Crippen LogP contribution < -0.4 is 15.4 Å². The molecule has 8 heteroatoms. The number of nitrogens with one attached hydrogen (secondary N) is 2. The molecule has 2 heterocycles. The Balaban J connectivity index is 1.49. The first-order chi connectivity index (χ1) is 12.6. The lowest BCUT2D eigenvalue weighted by Crippen LogP contribution is -2.32. The number of rotatable bonds is 6. The highest BCUT2D eigenvalue weighted by atomic mass is 35.5. The van der Waals surface area contributed by atoms with Gasteiger partial charge in [0, 0.05) is 12.4 Å². The van der Waals surface area contributed by atoms with E-state index in [-0.39, 0.29) is 6.03 Å². The summed E-state index contributed by atoms with van der Waals surface area (Å²) in [5.41, 5.74) is 1.88. The van der Waals surface area contributed by atoms with Crippen molar-refractivity contribution in [1.29, 1.82) is 0 Å². The second-order valence-corrected chi connectivity index (χ2v) is 6.74. The Labute approximate surface area is 160 Å². The van der Waals surface area contributed by atoms with Crippen molar-refractivity contribution < 1.29 is 9.53 Å². The third-order valence-corrected chi connectivity index (χ3v) is 4.88. The molecule has 0 radical (unpaired) electrons. The van der Waals surface area contributed by atoms with Gasteiger partial charge in [0.25, 0.3) is 0 Å². The second-order valence-electron chi connectivity index (χ2n) is 5.33. The zero-order valence-electron chi connectivity index (χ0n) is 14.0. The maximum atomic E-state index is 12.0. The fraction of sp³-hybridized carbons (Fsp3) is 0.167. The number of pyridine rings is 1. The van der Waals surface area contributed by atoms with Crippen LogP contribution in [0.2, 0.25) is 5.02 Å². The van der Waals surface area contributed by atoms with Crippen LogP contribution >= 0.6 is 22.9 Å². The van der Waals surface area contributed by atoms with Gasteiger partial charge in [-0.05, 0) is 36.8 Å². The summed E-state index contributed by atoms with van der Waals surface area (Å²) in [7, 11) is 0. The van der Waals surface area contributed by atoms with Crippen LogP contribution in [0.15, 0.2) is 48.8 Å². The summed E-state index contributed by atoms with van der Waals surface area (Å²) < 4.78 is 5.53. The van der Waals surface area contributed by atoms with Gasteiger partial charge in [-0.2, -0.15) is 0 Å². The number of hydrogen-bond acceptors (Lipinski definition) is 5. The van der Waals surface area contributed by atoms with Gasteiger partial charge in [-0.25, -0.2) is 9.78 Å². The number of halogens is 1. The molecule has 2 aromatic heterocycles. The molecular weight excluding hydrogens is 372 g/mol. The Morgan fingerprint density at radius 1 is 1.23 bits per heavy atom. The first-order valence-electron chi connectivity index (χ1n) is 7.93. The number of urea groups is 1. The van der Waals surface area contributed by atoms with Crippen LogP contribution in [0.4, 0.5) is 9.93 Å². The maximum absolute atomic E-state index is 12.0. The van der Waals surface area contributed by atoms with Gasteiger partial charge in [-0.3, -0.25) is 10.3 Å². The van der Waals surface area contributed by atoms with Crippen LogP contribution in [0.5, 0.6) is 5.75 Å². The predicted molar refractivity (Wildman–Crippen MR) is 104 cm³/mol. The first-order valence-corrected chi connectivity index (χ1v) is 9.13. The van der Waals surface area contributed by atoms with E-state index in [9.17, 15) is 4.79 Å². The Morgan fingerprint density at radius 2 is 2.00 bits per heavy atom. The van der Waals surface area contributed by atoms with Crippen molar-refractivity contribution in [3.63, 3.8) is 0 Å². The molecule has 2 N–H and O–H groups in total. The summed E-state index contributed by atoms with van der Waals surface area (Å²) in [6, 6.07) is 10.7. The van der Waals surface area contributed by atoms with Gasteiger partial charge in [0.05, 0.1) is 22.1 Å². The number of anilines is 1. The Bertz CT molecular complexity index is 886. The lowest BCUT2D eigenvalue weighted by molar-refractivity contribution is 0.247. The number of thiazole rings is 1. The molecule has 0 saturated carbocycles. The molecule has 3 aromatic rings. The predicted octanol–water partition coefficient (Wildman–Crippen LogP) is 4.37. The molecule has 0 aliphatic rings. The van der Waals surface area contributed by atoms with Gasteiger partial charge < -0.3 is 10.1 Å². The minimum Gasteiger partial charge on any atom is -0.490 e. The fourth-order valence-corrected chi connectivity index (χ4v) is 3.41. The highest BCUT2D eigenvalue weighted by molar-refractivity contribution is 7.19. The number of amides is 2. The van der Waals surface area contributed by atoms with Crippen molar-refractivity contribution in [3.8, 4) is 16.2 Å². The third-order valence-electron chi connectivity index (χ3n) is 3.44. The molecule has 26 heavy (non-hydrogen) atoms. The minimum absolute atomic E-state index is 0.316. The standard InChI is InChI=1S/C18H17ClN4O2S/c1-12-16(13-6-8-20-9-7-13)26-18(22-12)23-17(24)21-10-11-25-15-5-3-2-4-14(15)19/h2-9H,10-11H2,1H3,(H2,21,22,23,24). The van der Waals surface area contributed by atoms with Crippen molar-refractivity contribution in [2.75, 3.05) is 18.5 Å². The molecule has 0 bridgehead atoms. The van der Waals surface area contributed by atoms with Gasteiger partial charge in [0.2, 0.25) is 0 Å². The zero-order valence-corrected chi connectivity index (χ0v) is 15.6. The Hall–Kier alpha value is -2.64. The molecular formula is C18H17ClN4O2S. The van der Waals surface area contributed by atoms with E-state index in [1.807, 2.05) is 31.2 Å². The number of aryl methyl sites for hydroxylation is 1. The summed E-state index contributed by atoms with van der Waals surface area (Å²) in [4.78, 5) is 21.4. The average molecular weight is 389 g/mol. The third kappa shape index (κ3) is 4.71. The van der Waals surface area contributed by atoms with Crippen LogP contribution in [0.3, 0.4) is 0 Å². The first kappa shape index (κ1) is 18.2. The van der Waals surface area contributed by atoms with E-state index >= 15 is 0 Å². The van der Waals surface area contributed by atoms with E-state index in [0.29, 0.717) is 29.1 Å². The van der Waals surface area contributed by atoms with Crippen molar-refractivity contribution in [3.05, 3.63) is 59.5 Å². The van der Waals surface area contributed by atoms with Crippen LogP contribution in [-0.2, 0) is 0 Å². The molecule has 3 rings (SSSR count). The SMILES string of the molecule is Cc1nc(NC(=O)NCCOc2ccccc2Cl)sc1-c1ccncc1. The van der Waals surface area contributed by atoms with E-state index in [1.165, 1.54) is 11.3 Å². The number of para-hydroxylation sites is 1. The lowest BCUT2D eigenvalue weighted by Gasteiger charge is -2.08. The molecule has 0 atom stereocenters. The summed E-state index contributed by atoms with van der Waals surface area (Å²) >= 11 is 7.42. The largest absolute Gasteiger partial charge is 0.490 e. The zero-order chi connectivity index (χ0) is 18.4. The van der Waals surface area contributed by atoms with Gasteiger partial charge in [0.15, 0.2) is 5.13 Å². The normalized spacial score (nSPS) is 10.4. The van der Waals surface area contributed by atoms with Crippen molar-refractivity contribution in [2.45, 2.75) is 6.92 Å². The minimum atomic E-state index is -0.331. The molecule has 0 spiro atoms. The number of carbonyl (C=O) groups is 1. The second kappa shape index (κ2) is 8.64. The lowest BCUT2D eigenvalue weighted by atomic mass is 10.2. The van der Waals surface area contributed by atoms with Gasteiger partial charge in [-0.1, -0.05) is 35.1 Å². The molecule has 134 valence electrons.